The maximum Gasteiger partial charge on any atom is -0.0228 e. The number of rotatable bonds is 8. The first kappa shape index (κ1) is 14.0. The molecule has 0 saturated heterocycles. The lowest BCUT2D eigenvalue weighted by atomic mass is 9.98. The van der Waals surface area contributed by atoms with Crippen LogP contribution in [-0.2, 0) is 0 Å². The van der Waals surface area contributed by atoms with Gasteiger partial charge in [0.15, 0.2) is 0 Å². The topological polar surface area (TPSA) is 0 Å². The number of hydrogen-bond donors (Lipinski definition) is 0. The van der Waals surface area contributed by atoms with Crippen LogP contribution in [0.25, 0.3) is 5.57 Å². The Morgan fingerprint density at radius 2 is 1.65 bits per heavy atom. The summed E-state index contributed by atoms with van der Waals surface area (Å²) < 4.78 is 0. The molecule has 0 unspecified atom stereocenters. The van der Waals surface area contributed by atoms with Gasteiger partial charge in [0, 0.05) is 0 Å². The summed E-state index contributed by atoms with van der Waals surface area (Å²) in [7, 11) is 0. The fourth-order valence-electron chi connectivity index (χ4n) is 2.06. The normalized spacial score (nSPS) is 11.8. The molecule has 0 aliphatic heterocycles. The van der Waals surface area contributed by atoms with Gasteiger partial charge in [-0.15, -0.1) is 0 Å². The molecule has 0 nitrogen and oxygen atoms in total. The number of allylic oxidation sites excluding steroid dienone is 2. The first-order valence-corrected chi connectivity index (χ1v) is 7.13. The zero-order valence-corrected chi connectivity index (χ0v) is 11.4. The molecular weight excluding hydrogens is 204 g/mol. The lowest BCUT2D eigenvalue weighted by Gasteiger charge is -2.08. The fourth-order valence-corrected chi connectivity index (χ4v) is 2.06. The standard InChI is InChI=1S/C17H26/c1-3-5-8-12-16(13-9-6-4-2)17-14-10-7-11-15-17/h7,10-12,14-15H,3-6,8-9,13H2,1-2H3. The minimum Gasteiger partial charge on any atom is -0.0807 e. The monoisotopic (exact) mass is 230 g/mol. The highest BCUT2D eigenvalue weighted by molar-refractivity contribution is 5.65. The highest BCUT2D eigenvalue weighted by Gasteiger charge is 2.00. The summed E-state index contributed by atoms with van der Waals surface area (Å²) in [6.07, 6.45) is 11.5. The molecule has 0 fully saturated rings. The maximum absolute atomic E-state index is 2.45. The van der Waals surface area contributed by atoms with Gasteiger partial charge in [0.2, 0.25) is 0 Å². The summed E-state index contributed by atoms with van der Waals surface area (Å²) in [4.78, 5) is 0. The van der Waals surface area contributed by atoms with Crippen molar-refractivity contribution in [3.63, 3.8) is 0 Å². The van der Waals surface area contributed by atoms with Crippen LogP contribution in [0, 0.1) is 0 Å². The molecule has 1 rings (SSSR count). The Labute approximate surface area is 107 Å². The van der Waals surface area contributed by atoms with E-state index in [2.05, 4.69) is 50.3 Å². The molecule has 0 aliphatic rings. The van der Waals surface area contributed by atoms with Crippen molar-refractivity contribution in [1.82, 2.24) is 0 Å². The van der Waals surface area contributed by atoms with E-state index in [1.54, 1.807) is 5.57 Å². The minimum atomic E-state index is 1.23. The molecular formula is C17H26. The largest absolute Gasteiger partial charge is 0.0807 e. The number of benzene rings is 1. The Morgan fingerprint density at radius 1 is 0.941 bits per heavy atom. The van der Waals surface area contributed by atoms with E-state index < -0.39 is 0 Å². The summed E-state index contributed by atoms with van der Waals surface area (Å²) in [5.74, 6) is 0. The lowest BCUT2D eigenvalue weighted by molar-refractivity contribution is 0.733. The van der Waals surface area contributed by atoms with Gasteiger partial charge < -0.3 is 0 Å². The number of unbranched alkanes of at least 4 members (excludes halogenated alkanes) is 4. The molecule has 0 heterocycles. The second-order valence-electron chi connectivity index (χ2n) is 4.69. The van der Waals surface area contributed by atoms with E-state index in [4.69, 9.17) is 0 Å². The Kier molecular flexibility index (Phi) is 7.46. The first-order valence-electron chi connectivity index (χ1n) is 7.13. The predicted molar refractivity (Wildman–Crippen MR) is 78.1 cm³/mol. The smallest absolute Gasteiger partial charge is 0.0228 e. The molecule has 1 aromatic carbocycles. The van der Waals surface area contributed by atoms with Crippen LogP contribution in [0.15, 0.2) is 36.4 Å². The van der Waals surface area contributed by atoms with Crippen molar-refractivity contribution < 1.29 is 0 Å². The van der Waals surface area contributed by atoms with Crippen LogP contribution >= 0.6 is 0 Å². The second kappa shape index (κ2) is 9.04. The lowest BCUT2D eigenvalue weighted by Crippen LogP contribution is -1.86. The highest BCUT2D eigenvalue weighted by Crippen LogP contribution is 2.22. The van der Waals surface area contributed by atoms with Crippen molar-refractivity contribution >= 4 is 5.57 Å². The molecule has 0 heteroatoms. The van der Waals surface area contributed by atoms with Gasteiger partial charge in [-0.2, -0.15) is 0 Å². The fraction of sp³-hybridized carbons (Fsp3) is 0.529. The zero-order valence-electron chi connectivity index (χ0n) is 11.4. The van der Waals surface area contributed by atoms with Crippen LogP contribution in [0.2, 0.25) is 0 Å². The Balaban J connectivity index is 2.61. The zero-order chi connectivity index (χ0) is 12.3. The van der Waals surface area contributed by atoms with Gasteiger partial charge >= 0.3 is 0 Å². The minimum absolute atomic E-state index is 1.23. The van der Waals surface area contributed by atoms with Crippen LogP contribution < -0.4 is 0 Å². The van der Waals surface area contributed by atoms with E-state index in [1.807, 2.05) is 0 Å². The molecule has 17 heavy (non-hydrogen) atoms. The SMILES string of the molecule is CCCCC=C(CCCCC)c1ccccc1. The molecule has 0 N–H and O–H groups in total. The summed E-state index contributed by atoms with van der Waals surface area (Å²) in [6, 6.07) is 10.9. The van der Waals surface area contributed by atoms with Crippen LogP contribution in [0.3, 0.4) is 0 Å². The Bertz CT molecular complexity index is 308. The average molecular weight is 230 g/mol. The van der Waals surface area contributed by atoms with Gasteiger partial charge in [-0.05, 0) is 30.4 Å². The maximum atomic E-state index is 2.45. The van der Waals surface area contributed by atoms with Crippen LogP contribution in [0.5, 0.6) is 0 Å². The molecule has 0 aliphatic carbocycles. The van der Waals surface area contributed by atoms with Gasteiger partial charge in [-0.25, -0.2) is 0 Å². The Morgan fingerprint density at radius 3 is 2.29 bits per heavy atom. The average Bonchev–Trinajstić information content (AvgIpc) is 2.38. The van der Waals surface area contributed by atoms with Gasteiger partial charge in [0.25, 0.3) is 0 Å². The van der Waals surface area contributed by atoms with Gasteiger partial charge in [-0.1, -0.05) is 75.9 Å². The first-order chi connectivity index (χ1) is 8.38. The van der Waals surface area contributed by atoms with E-state index in [0.29, 0.717) is 0 Å². The van der Waals surface area contributed by atoms with E-state index in [-0.39, 0.29) is 0 Å². The number of hydrogen-bond acceptors (Lipinski definition) is 0. The summed E-state index contributed by atoms with van der Waals surface area (Å²) in [6.45, 7) is 4.52. The van der Waals surface area contributed by atoms with E-state index in [9.17, 15) is 0 Å². The summed E-state index contributed by atoms with van der Waals surface area (Å²) >= 11 is 0. The molecule has 0 spiro atoms. The van der Waals surface area contributed by atoms with Crippen LogP contribution in [0.1, 0.15) is 64.4 Å². The van der Waals surface area contributed by atoms with Crippen molar-refractivity contribution in [3.8, 4) is 0 Å². The van der Waals surface area contributed by atoms with E-state index >= 15 is 0 Å². The third-order valence-corrected chi connectivity index (χ3v) is 3.14. The van der Waals surface area contributed by atoms with Crippen molar-refractivity contribution in [2.45, 2.75) is 58.8 Å². The molecule has 0 amide bonds. The third-order valence-electron chi connectivity index (χ3n) is 3.14. The second-order valence-corrected chi connectivity index (χ2v) is 4.69. The molecule has 94 valence electrons. The van der Waals surface area contributed by atoms with Crippen molar-refractivity contribution in [3.05, 3.63) is 42.0 Å². The highest BCUT2D eigenvalue weighted by atomic mass is 14.1. The van der Waals surface area contributed by atoms with Crippen LogP contribution in [-0.4, -0.2) is 0 Å². The molecule has 0 saturated carbocycles. The predicted octanol–water partition coefficient (Wildman–Crippen LogP) is 5.84. The van der Waals surface area contributed by atoms with E-state index in [1.165, 1.54) is 50.5 Å². The molecule has 0 atom stereocenters. The van der Waals surface area contributed by atoms with E-state index in [0.717, 1.165) is 0 Å². The van der Waals surface area contributed by atoms with Crippen molar-refractivity contribution in [1.29, 1.82) is 0 Å². The van der Waals surface area contributed by atoms with Gasteiger partial charge in [-0.3, -0.25) is 0 Å². The van der Waals surface area contributed by atoms with Crippen molar-refractivity contribution in [2.75, 3.05) is 0 Å². The Hall–Kier alpha value is -1.04. The summed E-state index contributed by atoms with van der Waals surface area (Å²) in [5, 5.41) is 0. The van der Waals surface area contributed by atoms with Gasteiger partial charge in [0.1, 0.15) is 0 Å². The third kappa shape index (κ3) is 5.72. The van der Waals surface area contributed by atoms with Gasteiger partial charge in [0.05, 0.1) is 0 Å². The molecule has 0 bridgehead atoms. The van der Waals surface area contributed by atoms with Crippen LogP contribution in [0.4, 0.5) is 0 Å². The molecule has 0 radical (unpaired) electrons. The summed E-state index contributed by atoms with van der Waals surface area (Å²) in [5.41, 5.74) is 2.97. The molecule has 0 aromatic heterocycles. The molecule has 1 aromatic rings. The van der Waals surface area contributed by atoms with Crippen molar-refractivity contribution in [2.24, 2.45) is 0 Å². The quantitative estimate of drug-likeness (QED) is 0.492.